The largest absolute Gasteiger partial charge is 0.455 e. The van der Waals surface area contributed by atoms with E-state index in [1.54, 1.807) is 30.3 Å². The number of benzene rings is 2. The Labute approximate surface area is 200 Å². The molecule has 0 bridgehead atoms. The number of halogens is 1. The van der Waals surface area contributed by atoms with Crippen LogP contribution in [0.5, 0.6) is 0 Å². The lowest BCUT2D eigenvalue weighted by Gasteiger charge is -2.13. The Balaban J connectivity index is 1.37. The number of pyridine rings is 1. The number of furan rings is 1. The van der Waals surface area contributed by atoms with Gasteiger partial charge in [-0.1, -0.05) is 35.9 Å². The van der Waals surface area contributed by atoms with Crippen molar-refractivity contribution >= 4 is 45.7 Å². The normalized spacial score (nSPS) is 14.1. The second-order valence-corrected chi connectivity index (χ2v) is 8.49. The van der Waals surface area contributed by atoms with Gasteiger partial charge in [0.15, 0.2) is 5.76 Å². The molecule has 0 radical (unpaired) electrons. The fourth-order valence-electron chi connectivity index (χ4n) is 4.09. The lowest BCUT2D eigenvalue weighted by molar-refractivity contribution is 0.0949. The number of rotatable bonds is 4. The number of carbonyl (C=O) groups is 2. The Kier molecular flexibility index (Phi) is 5.86. The van der Waals surface area contributed by atoms with Gasteiger partial charge in [-0.3, -0.25) is 9.59 Å². The second kappa shape index (κ2) is 9.11. The fourth-order valence-corrected chi connectivity index (χ4v) is 4.21. The first kappa shape index (κ1) is 21.9. The minimum atomic E-state index is -0.396. The smallest absolute Gasteiger partial charge is 0.291 e. The molecule has 1 aliphatic rings. The van der Waals surface area contributed by atoms with E-state index in [0.29, 0.717) is 40.6 Å². The number of anilines is 1. The number of hydrogen-bond acceptors (Lipinski definition) is 5. The molecule has 34 heavy (non-hydrogen) atoms. The van der Waals surface area contributed by atoms with Gasteiger partial charge in [-0.05, 0) is 56.2 Å². The minimum Gasteiger partial charge on any atom is -0.455 e. The van der Waals surface area contributed by atoms with Gasteiger partial charge in [-0.2, -0.15) is 5.10 Å². The number of aryl methyl sites for hydroxylation is 1. The Morgan fingerprint density at radius 1 is 1.00 bits per heavy atom. The van der Waals surface area contributed by atoms with Crippen molar-refractivity contribution in [2.45, 2.75) is 26.2 Å². The van der Waals surface area contributed by atoms with Crippen molar-refractivity contribution in [2.75, 3.05) is 5.32 Å². The maximum absolute atomic E-state index is 12.8. The summed E-state index contributed by atoms with van der Waals surface area (Å²) in [5.41, 5.74) is 6.41. The van der Waals surface area contributed by atoms with Crippen LogP contribution in [0, 0.1) is 6.92 Å². The molecule has 0 saturated carbocycles. The highest BCUT2D eigenvalue weighted by Crippen LogP contribution is 2.30. The Morgan fingerprint density at radius 3 is 2.62 bits per heavy atom. The van der Waals surface area contributed by atoms with E-state index < -0.39 is 5.91 Å². The molecule has 1 aliphatic carbocycles. The Morgan fingerprint density at radius 2 is 1.79 bits per heavy atom. The number of hydrogen-bond donors (Lipinski definition) is 2. The number of para-hydroxylation sites is 1. The molecule has 5 rings (SSSR count). The molecule has 2 heterocycles. The lowest BCUT2D eigenvalue weighted by Crippen LogP contribution is -2.23. The zero-order chi connectivity index (χ0) is 23.7. The summed E-state index contributed by atoms with van der Waals surface area (Å²) in [6, 6.07) is 18.0. The fraction of sp³-hybridized carbons (Fsp3) is 0.154. The van der Waals surface area contributed by atoms with Crippen LogP contribution in [0.15, 0.2) is 70.2 Å². The molecule has 170 valence electrons. The first-order chi connectivity index (χ1) is 16.5. The molecule has 2 aromatic carbocycles. The van der Waals surface area contributed by atoms with E-state index in [1.165, 1.54) is 0 Å². The molecule has 0 unspecified atom stereocenters. The standard InChI is InChI=1S/C26H21ClN4O3/c1-15-23-20(30-31-25(32)21-14-9-16-5-2-3-6-19(16)29-21)7-4-8-22(23)34-24(15)26(33)28-18-12-10-17(27)11-13-18/h2-3,5-6,9-14H,4,7-8H2,1H3,(H,28,33)(H,31,32)/b30-20+. The molecule has 0 saturated heterocycles. The molecular weight excluding hydrogens is 452 g/mol. The van der Waals surface area contributed by atoms with Crippen molar-refractivity contribution in [1.29, 1.82) is 0 Å². The van der Waals surface area contributed by atoms with Crippen LogP contribution in [0.25, 0.3) is 10.9 Å². The van der Waals surface area contributed by atoms with E-state index in [2.05, 4.69) is 20.8 Å². The van der Waals surface area contributed by atoms with Gasteiger partial charge in [-0.25, -0.2) is 10.4 Å². The third kappa shape index (κ3) is 4.30. The number of aromatic nitrogens is 1. The monoisotopic (exact) mass is 472 g/mol. The van der Waals surface area contributed by atoms with E-state index in [9.17, 15) is 9.59 Å². The Hall–Kier alpha value is -3.97. The third-order valence-corrected chi connectivity index (χ3v) is 6.01. The van der Waals surface area contributed by atoms with Gasteiger partial charge in [0.2, 0.25) is 0 Å². The molecule has 4 aromatic rings. The molecule has 0 fully saturated rings. The summed E-state index contributed by atoms with van der Waals surface area (Å²) in [4.78, 5) is 30.0. The minimum absolute atomic E-state index is 0.233. The topological polar surface area (TPSA) is 96.6 Å². The van der Waals surface area contributed by atoms with Crippen molar-refractivity contribution < 1.29 is 14.0 Å². The zero-order valence-electron chi connectivity index (χ0n) is 18.4. The van der Waals surface area contributed by atoms with Crippen LogP contribution in [0.1, 0.15) is 50.8 Å². The highest BCUT2D eigenvalue weighted by atomic mass is 35.5. The predicted octanol–water partition coefficient (Wildman–Crippen LogP) is 5.51. The van der Waals surface area contributed by atoms with Crippen LogP contribution in [0.4, 0.5) is 5.69 Å². The summed E-state index contributed by atoms with van der Waals surface area (Å²) in [6.07, 6.45) is 2.17. The molecule has 0 spiro atoms. The summed E-state index contributed by atoms with van der Waals surface area (Å²) < 4.78 is 5.92. The average Bonchev–Trinajstić information content (AvgIpc) is 3.20. The molecule has 0 aliphatic heterocycles. The third-order valence-electron chi connectivity index (χ3n) is 5.76. The summed E-state index contributed by atoms with van der Waals surface area (Å²) in [5.74, 6) is 0.184. The van der Waals surface area contributed by atoms with Gasteiger partial charge in [0, 0.05) is 33.6 Å². The number of carbonyl (C=O) groups excluding carboxylic acids is 2. The summed E-state index contributed by atoms with van der Waals surface area (Å²) in [7, 11) is 0. The number of fused-ring (bicyclic) bond motifs is 2. The quantitative estimate of drug-likeness (QED) is 0.382. The van der Waals surface area contributed by atoms with Gasteiger partial charge in [0.1, 0.15) is 11.5 Å². The van der Waals surface area contributed by atoms with Crippen LogP contribution in [0.2, 0.25) is 5.02 Å². The molecule has 8 heteroatoms. The van der Waals surface area contributed by atoms with Gasteiger partial charge in [0.05, 0.1) is 11.2 Å². The van der Waals surface area contributed by atoms with E-state index in [4.69, 9.17) is 16.0 Å². The Bertz CT molecular complexity index is 1440. The van der Waals surface area contributed by atoms with E-state index in [0.717, 1.165) is 22.9 Å². The number of nitrogens with one attached hydrogen (secondary N) is 2. The zero-order valence-corrected chi connectivity index (χ0v) is 19.1. The lowest BCUT2D eigenvalue weighted by atomic mass is 9.93. The van der Waals surface area contributed by atoms with Gasteiger partial charge >= 0.3 is 0 Å². The number of amides is 2. The molecule has 2 aromatic heterocycles. The summed E-state index contributed by atoms with van der Waals surface area (Å²) in [5, 5.41) is 8.75. The molecule has 0 atom stereocenters. The van der Waals surface area contributed by atoms with E-state index >= 15 is 0 Å². The first-order valence-electron chi connectivity index (χ1n) is 10.9. The molecule has 2 amide bonds. The second-order valence-electron chi connectivity index (χ2n) is 8.06. The van der Waals surface area contributed by atoms with Crippen LogP contribution in [-0.4, -0.2) is 22.5 Å². The van der Waals surface area contributed by atoms with Crippen molar-refractivity contribution in [1.82, 2.24) is 10.4 Å². The van der Waals surface area contributed by atoms with Crippen LogP contribution >= 0.6 is 11.6 Å². The van der Waals surface area contributed by atoms with Crippen molar-refractivity contribution in [2.24, 2.45) is 5.10 Å². The molecular formula is C26H21ClN4O3. The number of hydrazone groups is 1. The van der Waals surface area contributed by atoms with Gasteiger partial charge < -0.3 is 9.73 Å². The van der Waals surface area contributed by atoms with Crippen LogP contribution in [-0.2, 0) is 6.42 Å². The van der Waals surface area contributed by atoms with Gasteiger partial charge in [0.25, 0.3) is 11.8 Å². The maximum atomic E-state index is 12.8. The van der Waals surface area contributed by atoms with E-state index in [-0.39, 0.29) is 17.4 Å². The van der Waals surface area contributed by atoms with Crippen LogP contribution in [0.3, 0.4) is 0 Å². The highest BCUT2D eigenvalue weighted by molar-refractivity contribution is 6.30. The van der Waals surface area contributed by atoms with E-state index in [1.807, 2.05) is 37.3 Å². The van der Waals surface area contributed by atoms with Crippen molar-refractivity contribution in [3.63, 3.8) is 0 Å². The number of nitrogens with zero attached hydrogens (tertiary/aromatic N) is 2. The molecule has 2 N–H and O–H groups in total. The average molecular weight is 473 g/mol. The summed E-state index contributed by atoms with van der Waals surface area (Å²) >= 11 is 5.91. The highest BCUT2D eigenvalue weighted by Gasteiger charge is 2.28. The molecule has 7 nitrogen and oxygen atoms in total. The van der Waals surface area contributed by atoms with Crippen molar-refractivity contribution in [3.8, 4) is 0 Å². The van der Waals surface area contributed by atoms with Crippen molar-refractivity contribution in [3.05, 3.63) is 94.0 Å². The van der Waals surface area contributed by atoms with Crippen LogP contribution < -0.4 is 10.7 Å². The van der Waals surface area contributed by atoms with Gasteiger partial charge in [-0.15, -0.1) is 0 Å². The summed E-state index contributed by atoms with van der Waals surface area (Å²) in [6.45, 7) is 1.83. The predicted molar refractivity (Wildman–Crippen MR) is 132 cm³/mol. The first-order valence-corrected chi connectivity index (χ1v) is 11.3. The SMILES string of the molecule is Cc1c(C(=O)Nc2ccc(Cl)cc2)oc2c1/C(=N/NC(=O)c1ccc3ccccc3n1)CCC2. The maximum Gasteiger partial charge on any atom is 0.291 e.